The Morgan fingerprint density at radius 2 is 1.79 bits per heavy atom. The Labute approximate surface area is 305 Å². The number of benzene rings is 3. The molecule has 1 aliphatic rings. The Morgan fingerprint density at radius 3 is 2.46 bits per heavy atom. The van der Waals surface area contributed by atoms with Crippen molar-refractivity contribution in [3.8, 4) is 23.0 Å². The lowest BCUT2D eigenvalue weighted by Crippen LogP contribution is -2.40. The van der Waals surface area contributed by atoms with Crippen molar-refractivity contribution in [2.45, 2.75) is 53.4 Å². The van der Waals surface area contributed by atoms with Crippen molar-refractivity contribution in [2.24, 2.45) is 4.99 Å². The molecule has 252 valence electrons. The van der Waals surface area contributed by atoms with E-state index in [2.05, 4.69) is 38.5 Å². The molecule has 1 aromatic heterocycles. The zero-order valence-corrected chi connectivity index (χ0v) is 32.0. The third-order valence-corrected chi connectivity index (χ3v) is 9.60. The number of allylic oxidation sites excluding steroid dienone is 1. The van der Waals surface area contributed by atoms with Gasteiger partial charge in [0, 0.05) is 3.57 Å². The first-order chi connectivity index (χ1) is 23.0. The minimum atomic E-state index is -0.799. The number of thiazole rings is 1. The molecule has 0 saturated heterocycles. The molecule has 0 aliphatic carbocycles. The van der Waals surface area contributed by atoms with E-state index in [0.29, 0.717) is 61.3 Å². The number of halogens is 2. The molecule has 2 heterocycles. The molecule has 0 fully saturated rings. The molecule has 5 rings (SSSR count). The summed E-state index contributed by atoms with van der Waals surface area (Å²) in [5.74, 6) is 1.63. The van der Waals surface area contributed by atoms with Gasteiger partial charge in [-0.25, -0.2) is 9.79 Å². The van der Waals surface area contributed by atoms with Gasteiger partial charge in [0.25, 0.3) is 5.56 Å². The number of methoxy groups -OCH3 is 1. The number of hydrogen-bond donors (Lipinski definition) is 0. The van der Waals surface area contributed by atoms with Gasteiger partial charge < -0.3 is 23.7 Å². The van der Waals surface area contributed by atoms with Gasteiger partial charge in [-0.05, 0) is 132 Å². The summed E-state index contributed by atoms with van der Waals surface area (Å²) in [6.45, 7) is 10.2. The van der Waals surface area contributed by atoms with Gasteiger partial charge in [0.2, 0.25) is 0 Å². The highest BCUT2D eigenvalue weighted by atomic mass is 127. The van der Waals surface area contributed by atoms with Gasteiger partial charge >= 0.3 is 5.97 Å². The molecule has 0 bridgehead atoms. The summed E-state index contributed by atoms with van der Waals surface area (Å²) >= 11 is 7.17. The first-order valence-electron chi connectivity index (χ1n) is 15.4. The summed E-state index contributed by atoms with van der Waals surface area (Å²) < 4.78 is 33.0. The van der Waals surface area contributed by atoms with E-state index in [0.717, 1.165) is 14.7 Å². The molecule has 1 atom stereocenters. The molecule has 4 aromatic rings. The van der Waals surface area contributed by atoms with Crippen LogP contribution in [0.4, 0.5) is 0 Å². The number of esters is 1. The van der Waals surface area contributed by atoms with E-state index in [4.69, 9.17) is 28.7 Å². The maximum atomic E-state index is 14.2. The molecule has 9 nitrogen and oxygen atoms in total. The molecule has 0 radical (unpaired) electrons. The zero-order valence-electron chi connectivity index (χ0n) is 27.5. The van der Waals surface area contributed by atoms with Crippen molar-refractivity contribution in [3.63, 3.8) is 0 Å². The van der Waals surface area contributed by atoms with Crippen LogP contribution in [0.5, 0.6) is 23.0 Å². The fourth-order valence-electron chi connectivity index (χ4n) is 5.27. The number of carbonyl (C=O) groups is 1. The fraction of sp³-hybridized carbons (Fsp3) is 0.306. The molecule has 0 N–H and O–H groups in total. The zero-order chi connectivity index (χ0) is 34.5. The van der Waals surface area contributed by atoms with Crippen LogP contribution in [0.3, 0.4) is 0 Å². The van der Waals surface area contributed by atoms with E-state index >= 15 is 0 Å². The van der Waals surface area contributed by atoms with Gasteiger partial charge in [0.05, 0.1) is 52.7 Å². The quantitative estimate of drug-likeness (QED) is 0.113. The molecule has 0 spiro atoms. The maximum absolute atomic E-state index is 14.2. The fourth-order valence-corrected chi connectivity index (χ4v) is 7.25. The Balaban J connectivity index is 1.60. The number of rotatable bonds is 12. The van der Waals surface area contributed by atoms with E-state index in [1.165, 1.54) is 11.3 Å². The number of fused-ring (bicyclic) bond motifs is 1. The summed E-state index contributed by atoms with van der Waals surface area (Å²) in [6, 6.07) is 16.5. The highest BCUT2D eigenvalue weighted by Gasteiger charge is 2.34. The predicted octanol–water partition coefficient (Wildman–Crippen LogP) is 6.94. The normalized spacial score (nSPS) is 14.4. The molecular formula is C36H36BrIN2O7S. The molecule has 0 saturated carbocycles. The summed E-state index contributed by atoms with van der Waals surface area (Å²) in [5.41, 5.74) is 2.88. The number of nitrogens with zero attached hydrogens (tertiary/aromatic N) is 2. The number of aromatic nitrogens is 1. The second kappa shape index (κ2) is 15.7. The minimum absolute atomic E-state index is 0.0727. The topological polar surface area (TPSA) is 97.6 Å². The van der Waals surface area contributed by atoms with E-state index in [1.807, 2.05) is 63.2 Å². The van der Waals surface area contributed by atoms with Gasteiger partial charge in [0.15, 0.2) is 27.8 Å². The summed E-state index contributed by atoms with van der Waals surface area (Å²) in [7, 11) is 1.55. The first-order valence-corrected chi connectivity index (χ1v) is 18.1. The molecule has 1 aliphatic heterocycles. The van der Waals surface area contributed by atoms with Crippen molar-refractivity contribution < 1.29 is 28.5 Å². The van der Waals surface area contributed by atoms with Crippen LogP contribution in [-0.4, -0.2) is 37.0 Å². The largest absolute Gasteiger partial charge is 0.493 e. The summed E-state index contributed by atoms with van der Waals surface area (Å²) in [6.07, 6.45) is 1.72. The van der Waals surface area contributed by atoms with Gasteiger partial charge in [-0.2, -0.15) is 0 Å². The average molecular weight is 848 g/mol. The van der Waals surface area contributed by atoms with Crippen molar-refractivity contribution in [1.29, 1.82) is 0 Å². The van der Waals surface area contributed by atoms with E-state index in [-0.39, 0.29) is 23.8 Å². The highest BCUT2D eigenvalue weighted by molar-refractivity contribution is 14.1. The first kappa shape index (κ1) is 35.7. The predicted molar refractivity (Wildman–Crippen MR) is 198 cm³/mol. The Kier molecular flexibility index (Phi) is 11.7. The van der Waals surface area contributed by atoms with E-state index in [9.17, 15) is 9.59 Å². The highest BCUT2D eigenvalue weighted by Crippen LogP contribution is 2.39. The van der Waals surface area contributed by atoms with Gasteiger partial charge in [0.1, 0.15) is 6.61 Å². The van der Waals surface area contributed by atoms with Crippen molar-refractivity contribution >= 4 is 61.9 Å². The van der Waals surface area contributed by atoms with Crippen LogP contribution < -0.4 is 33.8 Å². The van der Waals surface area contributed by atoms with Crippen LogP contribution in [0.15, 0.2) is 80.1 Å². The second-order valence-electron chi connectivity index (χ2n) is 11.1. The molecule has 3 aromatic carbocycles. The van der Waals surface area contributed by atoms with Crippen LogP contribution in [0.25, 0.3) is 6.08 Å². The lowest BCUT2D eigenvalue weighted by Gasteiger charge is -2.25. The van der Waals surface area contributed by atoms with Crippen molar-refractivity contribution in [2.75, 3.05) is 20.3 Å². The number of ether oxygens (including phenoxy) is 5. The van der Waals surface area contributed by atoms with Gasteiger partial charge in [-0.1, -0.05) is 29.5 Å². The SMILES string of the molecule is CCOC(=O)C1=C(C)N=c2s/c(=C\c3cc(Br)c(OCc4ccc(I)cc4)c(OCC)c3)c(=O)n2[C@H]1c1ccc(OC(C)C)c(OC)c1. The van der Waals surface area contributed by atoms with Crippen molar-refractivity contribution in [3.05, 3.63) is 110 Å². The maximum Gasteiger partial charge on any atom is 0.338 e. The van der Waals surface area contributed by atoms with Crippen LogP contribution in [-0.2, 0) is 16.1 Å². The van der Waals surface area contributed by atoms with Crippen LogP contribution in [0.2, 0.25) is 0 Å². The lowest BCUT2D eigenvalue weighted by molar-refractivity contribution is -0.139. The molecular weight excluding hydrogens is 811 g/mol. The minimum Gasteiger partial charge on any atom is -0.493 e. The Hall–Kier alpha value is -3.62. The van der Waals surface area contributed by atoms with E-state index < -0.39 is 12.0 Å². The lowest BCUT2D eigenvalue weighted by atomic mass is 9.95. The molecule has 48 heavy (non-hydrogen) atoms. The Bertz CT molecular complexity index is 2040. The third-order valence-electron chi connectivity index (χ3n) is 7.31. The van der Waals surface area contributed by atoms with Gasteiger partial charge in [-0.15, -0.1) is 0 Å². The Morgan fingerprint density at radius 1 is 1.04 bits per heavy atom. The third kappa shape index (κ3) is 7.81. The van der Waals surface area contributed by atoms with Crippen LogP contribution >= 0.6 is 49.9 Å². The van der Waals surface area contributed by atoms with Crippen LogP contribution in [0, 0.1) is 3.57 Å². The second-order valence-corrected chi connectivity index (χ2v) is 14.2. The summed E-state index contributed by atoms with van der Waals surface area (Å²) in [5, 5.41) is 0. The van der Waals surface area contributed by atoms with Crippen molar-refractivity contribution in [1.82, 2.24) is 4.57 Å². The summed E-state index contributed by atoms with van der Waals surface area (Å²) in [4.78, 5) is 32.7. The van der Waals surface area contributed by atoms with Crippen LogP contribution in [0.1, 0.15) is 57.4 Å². The standard InChI is InChI=1S/C36H36BrIN2O7S/c1-7-44-29-16-23(15-26(37)33(29)46-19-22-9-12-25(38)13-10-22)17-30-34(41)40-32(24-11-14-27(47-20(3)4)28(18-24)43-6)31(35(42)45-8-2)21(5)39-36(40)48-30/h9-18,20,32H,7-8,19H2,1-6H3/b30-17-/t32-/m0/s1. The smallest absolute Gasteiger partial charge is 0.338 e. The number of carbonyl (C=O) groups excluding carboxylic acids is 1. The van der Waals surface area contributed by atoms with Gasteiger partial charge in [-0.3, -0.25) is 9.36 Å². The monoisotopic (exact) mass is 846 g/mol. The number of hydrogen-bond acceptors (Lipinski definition) is 9. The molecule has 0 amide bonds. The molecule has 12 heteroatoms. The molecule has 0 unspecified atom stereocenters. The van der Waals surface area contributed by atoms with E-state index in [1.54, 1.807) is 43.7 Å². The average Bonchev–Trinajstić information content (AvgIpc) is 3.34.